The highest BCUT2D eigenvalue weighted by Crippen LogP contribution is 2.21. The molecule has 1 unspecified atom stereocenters. The molecule has 3 heterocycles. The second kappa shape index (κ2) is 11.4. The number of para-hydroxylation sites is 1. The van der Waals surface area contributed by atoms with Crippen molar-refractivity contribution in [1.29, 1.82) is 0 Å². The molecule has 34 heavy (non-hydrogen) atoms. The summed E-state index contributed by atoms with van der Waals surface area (Å²) in [5, 5.41) is 0. The number of piperidine rings is 1. The molecule has 3 saturated heterocycles. The predicted molar refractivity (Wildman–Crippen MR) is 125 cm³/mol. The van der Waals surface area contributed by atoms with Crippen LogP contribution < -0.4 is 4.74 Å². The van der Waals surface area contributed by atoms with Gasteiger partial charge in [0.05, 0.1) is 18.9 Å². The summed E-state index contributed by atoms with van der Waals surface area (Å²) in [6.45, 7) is 4.29. The Kier molecular flexibility index (Phi) is 8.03. The highest BCUT2D eigenvalue weighted by Gasteiger charge is 2.35. The summed E-state index contributed by atoms with van der Waals surface area (Å²) in [5.74, 6) is -0.320. The highest BCUT2D eigenvalue weighted by atomic mass is 16.5. The van der Waals surface area contributed by atoms with Crippen molar-refractivity contribution in [3.8, 4) is 5.75 Å². The van der Waals surface area contributed by atoms with Crippen LogP contribution in [-0.4, -0.2) is 102 Å². The van der Waals surface area contributed by atoms with Crippen LogP contribution in [0.1, 0.15) is 32.1 Å². The molecular formula is C25H34N4O5. The lowest BCUT2D eigenvalue weighted by molar-refractivity contribution is -0.153. The van der Waals surface area contributed by atoms with E-state index >= 15 is 0 Å². The fourth-order valence-corrected chi connectivity index (χ4v) is 4.92. The maximum Gasteiger partial charge on any atom is 0.312 e. The Hall–Kier alpha value is -3.10. The molecule has 0 aromatic heterocycles. The van der Waals surface area contributed by atoms with E-state index < -0.39 is 11.8 Å². The van der Waals surface area contributed by atoms with Crippen molar-refractivity contribution < 1.29 is 23.9 Å². The third-order valence-electron chi connectivity index (χ3n) is 6.91. The van der Waals surface area contributed by atoms with E-state index in [9.17, 15) is 19.2 Å². The molecule has 1 aromatic carbocycles. The third-order valence-corrected chi connectivity index (χ3v) is 6.91. The minimum Gasteiger partial charge on any atom is -0.493 e. The summed E-state index contributed by atoms with van der Waals surface area (Å²) in [6, 6.07) is 9.40. The van der Waals surface area contributed by atoms with Crippen molar-refractivity contribution in [3.63, 3.8) is 0 Å². The zero-order chi connectivity index (χ0) is 23.9. The smallest absolute Gasteiger partial charge is 0.312 e. The van der Waals surface area contributed by atoms with Crippen molar-refractivity contribution >= 4 is 23.6 Å². The SMILES string of the molecule is O=C(CCOc1ccccc1)N1CCCC(C(=O)N2CCN(C(=O)C(=O)N3CCCC3)CC2)C1. The first kappa shape index (κ1) is 24.0. The molecular weight excluding hydrogens is 436 g/mol. The van der Waals surface area contributed by atoms with Crippen LogP contribution in [0.2, 0.25) is 0 Å². The van der Waals surface area contributed by atoms with E-state index in [4.69, 9.17) is 4.74 Å². The molecule has 4 amide bonds. The summed E-state index contributed by atoms with van der Waals surface area (Å²) in [6.07, 6.45) is 3.73. The van der Waals surface area contributed by atoms with E-state index in [2.05, 4.69) is 0 Å². The lowest BCUT2D eigenvalue weighted by atomic mass is 9.96. The Morgan fingerprint density at radius 1 is 0.735 bits per heavy atom. The van der Waals surface area contributed by atoms with Gasteiger partial charge in [-0.2, -0.15) is 0 Å². The zero-order valence-electron chi connectivity index (χ0n) is 19.7. The quantitative estimate of drug-likeness (QED) is 0.599. The molecule has 3 aliphatic rings. The third kappa shape index (κ3) is 5.87. The lowest BCUT2D eigenvalue weighted by Gasteiger charge is -2.39. The van der Waals surface area contributed by atoms with Gasteiger partial charge in [0.2, 0.25) is 11.8 Å². The van der Waals surface area contributed by atoms with Crippen molar-refractivity contribution in [2.75, 3.05) is 59.0 Å². The molecule has 184 valence electrons. The Balaban J connectivity index is 1.21. The van der Waals surface area contributed by atoms with Crippen LogP contribution >= 0.6 is 0 Å². The molecule has 3 aliphatic heterocycles. The van der Waals surface area contributed by atoms with E-state index in [-0.39, 0.29) is 24.2 Å². The van der Waals surface area contributed by atoms with Gasteiger partial charge in [-0.3, -0.25) is 19.2 Å². The molecule has 1 atom stereocenters. The number of rotatable bonds is 5. The molecule has 0 saturated carbocycles. The van der Waals surface area contributed by atoms with E-state index in [0.717, 1.165) is 31.4 Å². The molecule has 9 heteroatoms. The maximum atomic E-state index is 13.1. The first-order valence-corrected chi connectivity index (χ1v) is 12.4. The predicted octanol–water partition coefficient (Wildman–Crippen LogP) is 0.987. The summed E-state index contributed by atoms with van der Waals surface area (Å²) < 4.78 is 5.63. The van der Waals surface area contributed by atoms with Gasteiger partial charge in [0.1, 0.15) is 5.75 Å². The van der Waals surface area contributed by atoms with Gasteiger partial charge in [-0.1, -0.05) is 18.2 Å². The topological polar surface area (TPSA) is 90.5 Å². The number of carbonyl (C=O) groups excluding carboxylic acids is 4. The van der Waals surface area contributed by atoms with Crippen LogP contribution in [0, 0.1) is 5.92 Å². The van der Waals surface area contributed by atoms with Crippen LogP contribution in [-0.2, 0) is 19.2 Å². The molecule has 1 aromatic rings. The summed E-state index contributed by atoms with van der Waals surface area (Å²) >= 11 is 0. The summed E-state index contributed by atoms with van der Waals surface area (Å²) in [5.41, 5.74) is 0. The molecule has 0 aliphatic carbocycles. The van der Waals surface area contributed by atoms with Crippen molar-refractivity contribution in [2.45, 2.75) is 32.1 Å². The summed E-state index contributed by atoms with van der Waals surface area (Å²) in [7, 11) is 0. The first-order valence-electron chi connectivity index (χ1n) is 12.4. The number of ether oxygens (including phenoxy) is 1. The number of hydrogen-bond acceptors (Lipinski definition) is 5. The van der Waals surface area contributed by atoms with Gasteiger partial charge in [-0.15, -0.1) is 0 Å². The second-order valence-electron chi connectivity index (χ2n) is 9.21. The van der Waals surface area contributed by atoms with Gasteiger partial charge in [0, 0.05) is 52.4 Å². The monoisotopic (exact) mass is 470 g/mol. The van der Waals surface area contributed by atoms with Crippen molar-refractivity contribution in [3.05, 3.63) is 30.3 Å². The Morgan fingerprint density at radius 2 is 1.32 bits per heavy atom. The largest absolute Gasteiger partial charge is 0.493 e. The highest BCUT2D eigenvalue weighted by molar-refractivity contribution is 6.35. The van der Waals surface area contributed by atoms with E-state index in [1.807, 2.05) is 30.3 Å². The van der Waals surface area contributed by atoms with Crippen LogP contribution in [0.3, 0.4) is 0 Å². The molecule has 0 bridgehead atoms. The molecule has 0 spiro atoms. The average molecular weight is 471 g/mol. The standard InChI is InChI=1S/C25H34N4O5/c30-22(10-18-34-21-8-2-1-3-9-21)29-13-6-7-20(19-29)23(31)27-14-16-28(17-15-27)25(33)24(32)26-11-4-5-12-26/h1-3,8-9,20H,4-7,10-19H2. The minimum absolute atomic E-state index is 0.00396. The minimum atomic E-state index is -0.457. The molecule has 0 radical (unpaired) electrons. The van der Waals surface area contributed by atoms with E-state index in [0.29, 0.717) is 59.0 Å². The van der Waals surface area contributed by atoms with Crippen molar-refractivity contribution in [2.24, 2.45) is 5.92 Å². The number of carbonyl (C=O) groups is 4. The van der Waals surface area contributed by atoms with Gasteiger partial charge in [-0.05, 0) is 37.8 Å². The van der Waals surface area contributed by atoms with Crippen LogP contribution in [0.5, 0.6) is 5.75 Å². The Bertz CT molecular complexity index is 879. The number of piperazine rings is 1. The van der Waals surface area contributed by atoms with Gasteiger partial charge in [0.25, 0.3) is 0 Å². The summed E-state index contributed by atoms with van der Waals surface area (Å²) in [4.78, 5) is 57.4. The van der Waals surface area contributed by atoms with Gasteiger partial charge in [-0.25, -0.2) is 0 Å². The van der Waals surface area contributed by atoms with Crippen molar-refractivity contribution in [1.82, 2.24) is 19.6 Å². The van der Waals surface area contributed by atoms with Gasteiger partial charge >= 0.3 is 11.8 Å². The van der Waals surface area contributed by atoms with Crippen LogP contribution in [0.25, 0.3) is 0 Å². The Morgan fingerprint density at radius 3 is 2.00 bits per heavy atom. The number of likely N-dealkylation sites (tertiary alicyclic amines) is 2. The zero-order valence-corrected chi connectivity index (χ0v) is 19.7. The fraction of sp³-hybridized carbons (Fsp3) is 0.600. The second-order valence-corrected chi connectivity index (χ2v) is 9.21. The Labute approximate surface area is 200 Å². The van der Waals surface area contributed by atoms with E-state index in [1.54, 1.807) is 19.6 Å². The fourth-order valence-electron chi connectivity index (χ4n) is 4.92. The van der Waals surface area contributed by atoms with Gasteiger partial charge in [0.15, 0.2) is 0 Å². The molecule has 4 rings (SSSR count). The van der Waals surface area contributed by atoms with E-state index in [1.165, 1.54) is 0 Å². The van der Waals surface area contributed by atoms with Crippen LogP contribution in [0.15, 0.2) is 30.3 Å². The van der Waals surface area contributed by atoms with Crippen LogP contribution in [0.4, 0.5) is 0 Å². The first-order chi connectivity index (χ1) is 16.5. The lowest BCUT2D eigenvalue weighted by Crippen LogP contribution is -2.56. The van der Waals surface area contributed by atoms with Gasteiger partial charge < -0.3 is 24.3 Å². The normalized spacial score (nSPS) is 20.9. The number of benzene rings is 1. The number of hydrogen-bond donors (Lipinski definition) is 0. The number of nitrogens with zero attached hydrogens (tertiary/aromatic N) is 4. The average Bonchev–Trinajstić information content (AvgIpc) is 3.43. The molecule has 9 nitrogen and oxygen atoms in total. The molecule has 3 fully saturated rings. The molecule has 0 N–H and O–H groups in total. The number of amides is 4. The maximum absolute atomic E-state index is 13.1.